The van der Waals surface area contributed by atoms with Gasteiger partial charge in [-0.3, -0.25) is 4.79 Å². The number of fused-ring (bicyclic) bond motifs is 1. The Kier molecular flexibility index (Phi) is 3.05. The van der Waals surface area contributed by atoms with Crippen molar-refractivity contribution in [3.63, 3.8) is 0 Å². The number of amides is 1. The molecule has 0 radical (unpaired) electrons. The summed E-state index contributed by atoms with van der Waals surface area (Å²) in [7, 11) is 0. The van der Waals surface area contributed by atoms with Crippen molar-refractivity contribution in [3.05, 3.63) is 70.5 Å². The van der Waals surface area contributed by atoms with Crippen LogP contribution >= 0.6 is 0 Å². The van der Waals surface area contributed by atoms with Gasteiger partial charge in [0, 0.05) is 5.56 Å². The van der Waals surface area contributed by atoms with E-state index < -0.39 is 0 Å². The van der Waals surface area contributed by atoms with Gasteiger partial charge in [-0.1, -0.05) is 44.2 Å². The third kappa shape index (κ3) is 1.99. The first kappa shape index (κ1) is 12.9. The van der Waals surface area contributed by atoms with Crippen LogP contribution in [0.3, 0.4) is 0 Å². The molecule has 0 spiro atoms. The van der Waals surface area contributed by atoms with E-state index in [1.807, 2.05) is 18.2 Å². The molecule has 1 aliphatic heterocycles. The lowest BCUT2D eigenvalue weighted by Crippen LogP contribution is -2.20. The highest BCUT2D eigenvalue weighted by Crippen LogP contribution is 2.35. The molecule has 102 valence electrons. The molecule has 1 aliphatic rings. The Hall–Kier alpha value is -2.16. The molecule has 3 rings (SSSR count). The summed E-state index contributed by atoms with van der Waals surface area (Å²) in [6.07, 6.45) is 0. The van der Waals surface area contributed by atoms with Crippen molar-refractivity contribution < 1.29 is 9.18 Å². The third-order valence-electron chi connectivity index (χ3n) is 3.77. The summed E-state index contributed by atoms with van der Waals surface area (Å²) in [5.74, 6) is -0.0180. The van der Waals surface area contributed by atoms with Gasteiger partial charge in [0.2, 0.25) is 0 Å². The maximum Gasteiger partial charge on any atom is 0.252 e. The van der Waals surface area contributed by atoms with Gasteiger partial charge < -0.3 is 5.32 Å². The van der Waals surface area contributed by atoms with Crippen LogP contribution in [0, 0.1) is 5.82 Å². The Morgan fingerprint density at radius 1 is 1.10 bits per heavy atom. The number of hydrogen-bond donors (Lipinski definition) is 1. The largest absolute Gasteiger partial charge is 0.341 e. The predicted molar refractivity (Wildman–Crippen MR) is 76.2 cm³/mol. The second-order valence-corrected chi connectivity index (χ2v) is 5.42. The monoisotopic (exact) mass is 269 g/mol. The van der Waals surface area contributed by atoms with Crippen LogP contribution in [0.15, 0.2) is 42.5 Å². The average molecular weight is 269 g/mol. The molecule has 1 atom stereocenters. The molecule has 0 aromatic heterocycles. The zero-order valence-electron chi connectivity index (χ0n) is 11.5. The lowest BCUT2D eigenvalue weighted by atomic mass is 9.91. The maximum atomic E-state index is 13.0. The lowest BCUT2D eigenvalue weighted by Gasteiger charge is -2.13. The van der Waals surface area contributed by atoms with Crippen molar-refractivity contribution in [2.75, 3.05) is 0 Å². The molecule has 0 saturated heterocycles. The summed E-state index contributed by atoms with van der Waals surface area (Å²) < 4.78 is 13.0. The van der Waals surface area contributed by atoms with Crippen LogP contribution in [-0.2, 0) is 0 Å². The number of carbonyl (C=O) groups excluding carboxylic acids is 1. The van der Waals surface area contributed by atoms with Gasteiger partial charge in [-0.05, 0) is 34.7 Å². The highest BCUT2D eigenvalue weighted by molar-refractivity contribution is 6.01. The van der Waals surface area contributed by atoms with Crippen LogP contribution in [0.1, 0.15) is 52.9 Å². The first-order valence-electron chi connectivity index (χ1n) is 6.77. The van der Waals surface area contributed by atoms with Gasteiger partial charge in [-0.2, -0.15) is 0 Å². The Labute approximate surface area is 117 Å². The van der Waals surface area contributed by atoms with Gasteiger partial charge >= 0.3 is 0 Å². The minimum Gasteiger partial charge on any atom is -0.341 e. The standard InChI is InChI=1S/C17H16FNO/c1-10(2)13-4-3-5-14-15(13)17(20)19-16(14)11-6-8-12(18)9-7-11/h3-10,16H,1-2H3,(H,19,20). The van der Waals surface area contributed by atoms with Crippen molar-refractivity contribution in [3.8, 4) is 0 Å². The first-order valence-corrected chi connectivity index (χ1v) is 6.77. The van der Waals surface area contributed by atoms with Crippen LogP contribution in [0.4, 0.5) is 4.39 Å². The van der Waals surface area contributed by atoms with Crippen molar-refractivity contribution in [2.45, 2.75) is 25.8 Å². The van der Waals surface area contributed by atoms with E-state index in [-0.39, 0.29) is 17.8 Å². The normalized spacial score (nSPS) is 17.2. The SMILES string of the molecule is CC(C)c1cccc2c1C(=O)NC2c1ccc(F)cc1. The number of hydrogen-bond acceptors (Lipinski definition) is 1. The molecule has 0 saturated carbocycles. The van der Waals surface area contributed by atoms with Crippen molar-refractivity contribution in [1.82, 2.24) is 5.32 Å². The minimum absolute atomic E-state index is 0.0429. The molecule has 1 amide bonds. The second kappa shape index (κ2) is 4.75. The predicted octanol–water partition coefficient (Wildman–Crippen LogP) is 3.78. The number of rotatable bonds is 2. The van der Waals surface area contributed by atoms with E-state index in [0.717, 1.165) is 22.3 Å². The summed E-state index contributed by atoms with van der Waals surface area (Å²) in [6.45, 7) is 4.15. The lowest BCUT2D eigenvalue weighted by molar-refractivity contribution is 0.0959. The molecule has 2 aromatic carbocycles. The molecule has 1 unspecified atom stereocenters. The van der Waals surface area contributed by atoms with Gasteiger partial charge in [0.15, 0.2) is 0 Å². The van der Waals surface area contributed by atoms with E-state index in [1.54, 1.807) is 12.1 Å². The van der Waals surface area contributed by atoms with Gasteiger partial charge in [-0.25, -0.2) is 4.39 Å². The number of benzene rings is 2. The zero-order chi connectivity index (χ0) is 14.3. The Bertz CT molecular complexity index is 661. The van der Waals surface area contributed by atoms with Gasteiger partial charge in [0.25, 0.3) is 5.91 Å². The fraction of sp³-hybridized carbons (Fsp3) is 0.235. The molecular weight excluding hydrogens is 253 g/mol. The summed E-state index contributed by atoms with van der Waals surface area (Å²) in [5, 5.41) is 2.99. The molecule has 1 heterocycles. The summed E-state index contributed by atoms with van der Waals surface area (Å²) in [5.41, 5.74) is 3.72. The van der Waals surface area contributed by atoms with Crippen LogP contribution in [-0.4, -0.2) is 5.91 Å². The minimum atomic E-state index is -0.269. The molecule has 2 nitrogen and oxygen atoms in total. The number of halogens is 1. The topological polar surface area (TPSA) is 29.1 Å². The Balaban J connectivity index is 2.10. The van der Waals surface area contributed by atoms with E-state index in [2.05, 4.69) is 19.2 Å². The smallest absolute Gasteiger partial charge is 0.252 e. The molecule has 0 aliphatic carbocycles. The fourth-order valence-corrected chi connectivity index (χ4v) is 2.77. The quantitative estimate of drug-likeness (QED) is 0.883. The molecule has 3 heteroatoms. The number of nitrogens with one attached hydrogen (secondary N) is 1. The molecule has 20 heavy (non-hydrogen) atoms. The summed E-state index contributed by atoms with van der Waals surface area (Å²) >= 11 is 0. The zero-order valence-corrected chi connectivity index (χ0v) is 11.5. The van der Waals surface area contributed by atoms with Crippen molar-refractivity contribution >= 4 is 5.91 Å². The molecule has 1 N–H and O–H groups in total. The summed E-state index contributed by atoms with van der Waals surface area (Å²) in [4.78, 5) is 12.3. The van der Waals surface area contributed by atoms with Crippen molar-refractivity contribution in [1.29, 1.82) is 0 Å². The maximum absolute atomic E-state index is 13.0. The van der Waals surface area contributed by atoms with Crippen molar-refractivity contribution in [2.24, 2.45) is 0 Å². The average Bonchev–Trinajstić information content (AvgIpc) is 2.77. The fourth-order valence-electron chi connectivity index (χ4n) is 2.77. The highest BCUT2D eigenvalue weighted by atomic mass is 19.1. The third-order valence-corrected chi connectivity index (χ3v) is 3.77. The Morgan fingerprint density at radius 2 is 1.80 bits per heavy atom. The van der Waals surface area contributed by atoms with Gasteiger partial charge in [-0.15, -0.1) is 0 Å². The van der Waals surface area contributed by atoms with E-state index in [4.69, 9.17) is 0 Å². The highest BCUT2D eigenvalue weighted by Gasteiger charge is 2.32. The van der Waals surface area contributed by atoms with E-state index in [0.29, 0.717) is 5.92 Å². The van der Waals surface area contributed by atoms with Crippen LogP contribution in [0.5, 0.6) is 0 Å². The van der Waals surface area contributed by atoms with Gasteiger partial charge in [0.1, 0.15) is 5.82 Å². The second-order valence-electron chi connectivity index (χ2n) is 5.42. The molecule has 0 fully saturated rings. The molecule has 2 aromatic rings. The van der Waals surface area contributed by atoms with E-state index >= 15 is 0 Å². The first-order chi connectivity index (χ1) is 9.58. The van der Waals surface area contributed by atoms with E-state index in [9.17, 15) is 9.18 Å². The van der Waals surface area contributed by atoms with Crippen LogP contribution in [0.25, 0.3) is 0 Å². The van der Waals surface area contributed by atoms with Crippen LogP contribution in [0.2, 0.25) is 0 Å². The Morgan fingerprint density at radius 3 is 2.45 bits per heavy atom. The summed E-state index contributed by atoms with van der Waals surface area (Å²) in [6, 6.07) is 12.0. The molecular formula is C17H16FNO. The van der Waals surface area contributed by atoms with Crippen LogP contribution < -0.4 is 5.32 Å². The van der Waals surface area contributed by atoms with E-state index in [1.165, 1.54) is 12.1 Å². The molecule has 0 bridgehead atoms. The number of carbonyl (C=O) groups is 1. The van der Waals surface area contributed by atoms with Gasteiger partial charge in [0.05, 0.1) is 6.04 Å².